The lowest BCUT2D eigenvalue weighted by atomic mass is 9.79. The van der Waals surface area contributed by atoms with Gasteiger partial charge >= 0.3 is 7.12 Å². The summed E-state index contributed by atoms with van der Waals surface area (Å²) in [6, 6.07) is 13.2. The van der Waals surface area contributed by atoms with Gasteiger partial charge in [-0.05, 0) is 25.5 Å². The molecule has 0 radical (unpaired) electrons. The van der Waals surface area contributed by atoms with E-state index in [2.05, 4.69) is 18.2 Å². The largest absolute Gasteiger partial charge is 0.492 e. The van der Waals surface area contributed by atoms with E-state index >= 15 is 0 Å². The van der Waals surface area contributed by atoms with Gasteiger partial charge in [0.2, 0.25) is 0 Å². The first-order valence-electron chi connectivity index (χ1n) is 6.21. The maximum absolute atomic E-state index is 9.27. The van der Waals surface area contributed by atoms with Crippen molar-refractivity contribution < 1.29 is 14.8 Å². The summed E-state index contributed by atoms with van der Waals surface area (Å²) in [6.45, 7) is 4.50. The van der Waals surface area contributed by atoms with Crippen LogP contribution < -0.4 is 10.2 Å². The highest BCUT2D eigenvalue weighted by molar-refractivity contribution is 6.59. The fourth-order valence-corrected chi connectivity index (χ4v) is 2.14. The van der Waals surface area contributed by atoms with Gasteiger partial charge in [0.05, 0.1) is 0 Å². The van der Waals surface area contributed by atoms with Gasteiger partial charge in [0, 0.05) is 5.46 Å². The molecule has 0 heterocycles. The summed E-state index contributed by atoms with van der Waals surface area (Å²) in [7, 11) is -1.52. The average Bonchev–Trinajstić information content (AvgIpc) is 2.35. The van der Waals surface area contributed by atoms with Crippen LogP contribution in [0.15, 0.2) is 42.5 Å². The second-order valence-corrected chi connectivity index (χ2v) is 4.70. The van der Waals surface area contributed by atoms with E-state index in [1.807, 2.05) is 19.9 Å². The van der Waals surface area contributed by atoms with Gasteiger partial charge in [-0.1, -0.05) is 47.5 Å². The molecular formula is C15H17BO3. The van der Waals surface area contributed by atoms with Crippen molar-refractivity contribution in [3.05, 3.63) is 59.2 Å². The van der Waals surface area contributed by atoms with Crippen molar-refractivity contribution in [1.82, 2.24) is 0 Å². The normalized spacial score (nSPS) is 10.3. The molecule has 2 N–H and O–H groups in total. The van der Waals surface area contributed by atoms with Gasteiger partial charge in [-0.25, -0.2) is 0 Å². The van der Waals surface area contributed by atoms with E-state index in [0.717, 1.165) is 5.56 Å². The molecule has 98 valence electrons. The molecular weight excluding hydrogens is 239 g/mol. The summed E-state index contributed by atoms with van der Waals surface area (Å²) < 4.78 is 5.67. The molecule has 0 saturated carbocycles. The van der Waals surface area contributed by atoms with Crippen molar-refractivity contribution in [2.24, 2.45) is 0 Å². The van der Waals surface area contributed by atoms with Crippen LogP contribution in [0.5, 0.6) is 5.75 Å². The van der Waals surface area contributed by atoms with E-state index in [1.165, 1.54) is 11.1 Å². The topological polar surface area (TPSA) is 49.7 Å². The van der Waals surface area contributed by atoms with E-state index in [9.17, 15) is 10.0 Å². The second kappa shape index (κ2) is 5.91. The number of hydrogen-bond acceptors (Lipinski definition) is 3. The maximum atomic E-state index is 9.27. The van der Waals surface area contributed by atoms with Gasteiger partial charge in [-0.15, -0.1) is 0 Å². The summed E-state index contributed by atoms with van der Waals surface area (Å²) >= 11 is 0. The quantitative estimate of drug-likeness (QED) is 0.816. The minimum Gasteiger partial charge on any atom is -0.489 e. The molecule has 2 rings (SSSR count). The molecule has 0 unspecified atom stereocenters. The Labute approximate surface area is 113 Å². The molecule has 0 amide bonds. The molecule has 0 aromatic heterocycles. The molecule has 3 nitrogen and oxygen atoms in total. The van der Waals surface area contributed by atoms with Crippen LogP contribution >= 0.6 is 0 Å². The zero-order valence-electron chi connectivity index (χ0n) is 11.1. The van der Waals surface area contributed by atoms with Crippen LogP contribution in [0.1, 0.15) is 16.7 Å². The van der Waals surface area contributed by atoms with Crippen LogP contribution in [0, 0.1) is 13.8 Å². The van der Waals surface area contributed by atoms with Crippen LogP contribution in [0.4, 0.5) is 0 Å². The van der Waals surface area contributed by atoms with Gasteiger partial charge in [-0.2, -0.15) is 0 Å². The molecule has 2 aromatic carbocycles. The lowest BCUT2D eigenvalue weighted by molar-refractivity contribution is 0.306. The van der Waals surface area contributed by atoms with Crippen molar-refractivity contribution in [1.29, 1.82) is 0 Å². The average molecular weight is 256 g/mol. The number of rotatable bonds is 4. The second-order valence-electron chi connectivity index (χ2n) is 4.70. The molecule has 4 heteroatoms. The van der Waals surface area contributed by atoms with Gasteiger partial charge in [-0.3, -0.25) is 0 Å². The summed E-state index contributed by atoms with van der Waals surface area (Å²) in [6.07, 6.45) is 0. The van der Waals surface area contributed by atoms with Crippen molar-refractivity contribution >= 4 is 12.6 Å². The third-order valence-corrected chi connectivity index (χ3v) is 2.87. The molecule has 0 fully saturated rings. The van der Waals surface area contributed by atoms with Gasteiger partial charge in [0.1, 0.15) is 12.4 Å². The SMILES string of the molecule is Cc1cc(C)cc(COc2ccccc2B(O)O)c1. The molecule has 0 saturated heterocycles. The Balaban J connectivity index is 2.14. The Kier molecular flexibility index (Phi) is 4.25. The van der Waals surface area contributed by atoms with Crippen LogP contribution in [-0.4, -0.2) is 17.2 Å². The van der Waals surface area contributed by atoms with Crippen molar-refractivity contribution in [3.8, 4) is 5.75 Å². The van der Waals surface area contributed by atoms with Gasteiger partial charge in [0.15, 0.2) is 0 Å². The Morgan fingerprint density at radius 3 is 2.26 bits per heavy atom. The monoisotopic (exact) mass is 256 g/mol. The Bertz CT molecular complexity index is 547. The van der Waals surface area contributed by atoms with E-state index in [0.29, 0.717) is 17.8 Å². The van der Waals surface area contributed by atoms with Crippen molar-refractivity contribution in [2.75, 3.05) is 0 Å². The Morgan fingerprint density at radius 2 is 1.63 bits per heavy atom. The van der Waals surface area contributed by atoms with Crippen LogP contribution in [0.25, 0.3) is 0 Å². The number of ether oxygens (including phenoxy) is 1. The fraction of sp³-hybridized carbons (Fsp3) is 0.200. The highest BCUT2D eigenvalue weighted by Crippen LogP contribution is 2.13. The van der Waals surface area contributed by atoms with Crippen molar-refractivity contribution in [2.45, 2.75) is 20.5 Å². The first kappa shape index (κ1) is 13.7. The first-order chi connectivity index (χ1) is 9.06. The van der Waals surface area contributed by atoms with Gasteiger partial charge in [0.25, 0.3) is 0 Å². The lowest BCUT2D eigenvalue weighted by Crippen LogP contribution is -2.31. The molecule has 0 spiro atoms. The maximum Gasteiger partial charge on any atom is 0.492 e. The number of para-hydroxylation sites is 1. The highest BCUT2D eigenvalue weighted by Gasteiger charge is 2.16. The lowest BCUT2D eigenvalue weighted by Gasteiger charge is -2.11. The molecule has 2 aromatic rings. The third-order valence-electron chi connectivity index (χ3n) is 2.87. The van der Waals surface area contributed by atoms with Crippen LogP contribution in [0.2, 0.25) is 0 Å². The third kappa shape index (κ3) is 3.59. The van der Waals surface area contributed by atoms with E-state index < -0.39 is 7.12 Å². The number of hydrogen-bond donors (Lipinski definition) is 2. The summed E-state index contributed by atoms with van der Waals surface area (Å²) in [5, 5.41) is 18.5. The van der Waals surface area contributed by atoms with E-state index in [1.54, 1.807) is 18.2 Å². The van der Waals surface area contributed by atoms with Crippen molar-refractivity contribution in [3.63, 3.8) is 0 Å². The fourth-order valence-electron chi connectivity index (χ4n) is 2.14. The summed E-state index contributed by atoms with van der Waals surface area (Å²) in [5.41, 5.74) is 3.83. The molecule has 0 bridgehead atoms. The predicted molar refractivity (Wildman–Crippen MR) is 76.5 cm³/mol. The van der Waals surface area contributed by atoms with Crippen LogP contribution in [-0.2, 0) is 6.61 Å². The molecule has 0 aliphatic heterocycles. The Hall–Kier alpha value is -1.78. The number of benzene rings is 2. The Morgan fingerprint density at radius 1 is 1.00 bits per heavy atom. The van der Waals surface area contributed by atoms with Crippen LogP contribution in [0.3, 0.4) is 0 Å². The minimum absolute atomic E-state index is 0.381. The minimum atomic E-state index is -1.52. The van der Waals surface area contributed by atoms with Gasteiger partial charge < -0.3 is 14.8 Å². The molecule has 0 aliphatic rings. The standard InChI is InChI=1S/C15H17BO3/c1-11-7-12(2)9-13(8-11)10-19-15-6-4-3-5-14(15)16(17)18/h3-9,17-18H,10H2,1-2H3. The molecule has 0 atom stereocenters. The molecule has 0 aliphatic carbocycles. The summed E-state index contributed by atoms with van der Waals surface area (Å²) in [5.74, 6) is 0.497. The summed E-state index contributed by atoms with van der Waals surface area (Å²) in [4.78, 5) is 0. The zero-order chi connectivity index (χ0) is 13.8. The smallest absolute Gasteiger partial charge is 0.489 e. The highest BCUT2D eigenvalue weighted by atomic mass is 16.5. The predicted octanol–water partition coefficient (Wildman–Crippen LogP) is 1.56. The van der Waals surface area contributed by atoms with E-state index in [-0.39, 0.29) is 0 Å². The molecule has 19 heavy (non-hydrogen) atoms. The number of aryl methyl sites for hydroxylation is 2. The first-order valence-corrected chi connectivity index (χ1v) is 6.21. The van der Waals surface area contributed by atoms with E-state index in [4.69, 9.17) is 4.74 Å². The zero-order valence-corrected chi connectivity index (χ0v) is 11.1.